The van der Waals surface area contributed by atoms with Gasteiger partial charge in [-0.25, -0.2) is 0 Å². The third-order valence-electron chi connectivity index (χ3n) is 2.21. The van der Waals surface area contributed by atoms with E-state index in [9.17, 15) is 9.59 Å². The Kier molecular flexibility index (Phi) is 1.48. The SMILES string of the molecule is O=C1N=C(CCl)NC(=O)C12CC2. The summed E-state index contributed by atoms with van der Waals surface area (Å²) in [5, 5.41) is 2.51. The molecule has 2 amide bonds. The lowest BCUT2D eigenvalue weighted by atomic mass is 10.0. The van der Waals surface area contributed by atoms with Crippen LogP contribution in [0.2, 0.25) is 0 Å². The quantitative estimate of drug-likeness (QED) is 0.465. The van der Waals surface area contributed by atoms with Gasteiger partial charge in [-0.15, -0.1) is 11.6 Å². The number of amidine groups is 1. The Labute approximate surface area is 74.0 Å². The fraction of sp³-hybridized carbons (Fsp3) is 0.571. The fourth-order valence-electron chi connectivity index (χ4n) is 1.23. The first-order valence-electron chi connectivity index (χ1n) is 3.68. The molecule has 4 nitrogen and oxygen atoms in total. The number of carbonyl (C=O) groups is 2. The van der Waals surface area contributed by atoms with Crippen LogP contribution in [0.5, 0.6) is 0 Å². The molecule has 1 saturated carbocycles. The molecule has 64 valence electrons. The Bertz CT molecular complexity index is 294. The molecule has 2 aliphatic rings. The molecule has 1 N–H and O–H groups in total. The van der Waals surface area contributed by atoms with E-state index in [0.29, 0.717) is 12.8 Å². The lowest BCUT2D eigenvalue weighted by molar-refractivity contribution is -0.135. The highest BCUT2D eigenvalue weighted by Crippen LogP contribution is 2.48. The third-order valence-corrected chi connectivity index (χ3v) is 2.47. The van der Waals surface area contributed by atoms with Gasteiger partial charge in [-0.05, 0) is 12.8 Å². The molecule has 0 bridgehead atoms. The van der Waals surface area contributed by atoms with E-state index < -0.39 is 5.41 Å². The van der Waals surface area contributed by atoms with Crippen molar-refractivity contribution < 1.29 is 9.59 Å². The number of amides is 2. The van der Waals surface area contributed by atoms with Gasteiger partial charge in [-0.2, -0.15) is 4.99 Å². The highest BCUT2D eigenvalue weighted by atomic mass is 35.5. The van der Waals surface area contributed by atoms with Crippen LogP contribution >= 0.6 is 11.6 Å². The Morgan fingerprint density at radius 2 is 2.17 bits per heavy atom. The van der Waals surface area contributed by atoms with Crippen LogP contribution in [0.1, 0.15) is 12.8 Å². The minimum atomic E-state index is -0.810. The number of rotatable bonds is 1. The molecule has 0 atom stereocenters. The van der Waals surface area contributed by atoms with Gasteiger partial charge in [-0.1, -0.05) is 0 Å². The van der Waals surface area contributed by atoms with Gasteiger partial charge >= 0.3 is 0 Å². The summed E-state index contributed by atoms with van der Waals surface area (Å²) < 4.78 is 0. The zero-order valence-corrected chi connectivity index (χ0v) is 7.02. The molecule has 0 aromatic rings. The lowest BCUT2D eigenvalue weighted by Gasteiger charge is -2.17. The Balaban J connectivity index is 2.31. The second-order valence-corrected chi connectivity index (χ2v) is 3.30. The van der Waals surface area contributed by atoms with Gasteiger partial charge in [0.25, 0.3) is 5.91 Å². The molecule has 2 rings (SSSR count). The average Bonchev–Trinajstić information content (AvgIpc) is 2.81. The minimum Gasteiger partial charge on any atom is -0.312 e. The van der Waals surface area contributed by atoms with Crippen molar-refractivity contribution in [3.05, 3.63) is 0 Å². The number of carbonyl (C=O) groups excluding carboxylic acids is 2. The number of halogens is 1. The fourth-order valence-corrected chi connectivity index (χ4v) is 1.36. The van der Waals surface area contributed by atoms with Crippen LogP contribution in [-0.2, 0) is 9.59 Å². The van der Waals surface area contributed by atoms with Gasteiger partial charge in [0.1, 0.15) is 11.3 Å². The topological polar surface area (TPSA) is 58.5 Å². The molecule has 1 aliphatic carbocycles. The third kappa shape index (κ3) is 0.876. The van der Waals surface area contributed by atoms with E-state index in [4.69, 9.17) is 11.6 Å². The van der Waals surface area contributed by atoms with Gasteiger partial charge in [0.05, 0.1) is 5.88 Å². The molecule has 1 aliphatic heterocycles. The highest BCUT2D eigenvalue weighted by Gasteiger charge is 2.58. The van der Waals surface area contributed by atoms with Crippen molar-refractivity contribution in [1.29, 1.82) is 0 Å². The summed E-state index contributed by atoms with van der Waals surface area (Å²) in [6.45, 7) is 0. The number of nitrogens with zero attached hydrogens (tertiary/aromatic N) is 1. The number of hydrogen-bond donors (Lipinski definition) is 1. The van der Waals surface area contributed by atoms with E-state index in [-0.39, 0.29) is 23.5 Å². The molecule has 0 radical (unpaired) electrons. The number of aliphatic imine (C=N–C) groups is 1. The monoisotopic (exact) mass is 186 g/mol. The summed E-state index contributed by atoms with van der Waals surface area (Å²) in [6, 6.07) is 0. The van der Waals surface area contributed by atoms with E-state index in [1.807, 2.05) is 0 Å². The normalized spacial score (nSPS) is 25.2. The van der Waals surface area contributed by atoms with E-state index in [2.05, 4.69) is 10.3 Å². The maximum atomic E-state index is 11.3. The van der Waals surface area contributed by atoms with Gasteiger partial charge in [-0.3, -0.25) is 9.59 Å². The summed E-state index contributed by atoms with van der Waals surface area (Å²) in [5.41, 5.74) is -0.810. The highest BCUT2D eigenvalue weighted by molar-refractivity contribution is 6.33. The van der Waals surface area contributed by atoms with Crippen molar-refractivity contribution >= 4 is 29.3 Å². The lowest BCUT2D eigenvalue weighted by Crippen LogP contribution is -2.45. The van der Waals surface area contributed by atoms with Gasteiger partial charge in [0.2, 0.25) is 5.91 Å². The van der Waals surface area contributed by atoms with Crippen molar-refractivity contribution in [2.24, 2.45) is 10.4 Å². The summed E-state index contributed by atoms with van der Waals surface area (Å²) >= 11 is 5.43. The van der Waals surface area contributed by atoms with Gasteiger partial charge in [0, 0.05) is 0 Å². The Hall–Kier alpha value is -0.900. The molecule has 0 saturated heterocycles. The first-order valence-corrected chi connectivity index (χ1v) is 4.22. The van der Waals surface area contributed by atoms with Crippen molar-refractivity contribution in [2.45, 2.75) is 12.8 Å². The van der Waals surface area contributed by atoms with Crippen LogP contribution < -0.4 is 5.32 Å². The summed E-state index contributed by atoms with van der Waals surface area (Å²) in [6.07, 6.45) is 1.24. The summed E-state index contributed by atoms with van der Waals surface area (Å²) in [7, 11) is 0. The predicted octanol–water partition coefficient (Wildman–Crippen LogP) is 0.0603. The van der Waals surface area contributed by atoms with Crippen LogP contribution in [-0.4, -0.2) is 23.5 Å². The molecular formula is C7H7ClN2O2. The maximum absolute atomic E-state index is 11.3. The van der Waals surface area contributed by atoms with E-state index in [1.165, 1.54) is 0 Å². The van der Waals surface area contributed by atoms with Crippen molar-refractivity contribution in [2.75, 3.05) is 5.88 Å². The summed E-state index contributed by atoms with van der Waals surface area (Å²) in [4.78, 5) is 26.2. The van der Waals surface area contributed by atoms with Crippen molar-refractivity contribution in [3.8, 4) is 0 Å². The second-order valence-electron chi connectivity index (χ2n) is 3.03. The van der Waals surface area contributed by atoms with Gasteiger partial charge in [0.15, 0.2) is 0 Å². The number of alkyl halides is 1. The average molecular weight is 187 g/mol. The van der Waals surface area contributed by atoms with Crippen LogP contribution in [0.15, 0.2) is 4.99 Å². The molecule has 0 aromatic heterocycles. The number of nitrogens with one attached hydrogen (secondary N) is 1. The molecule has 5 heteroatoms. The zero-order valence-electron chi connectivity index (χ0n) is 6.26. The largest absolute Gasteiger partial charge is 0.312 e. The van der Waals surface area contributed by atoms with Crippen molar-refractivity contribution in [1.82, 2.24) is 5.32 Å². The maximum Gasteiger partial charge on any atom is 0.263 e. The zero-order chi connectivity index (χ0) is 8.77. The Morgan fingerprint density at radius 3 is 2.58 bits per heavy atom. The minimum absolute atomic E-state index is 0.0769. The van der Waals surface area contributed by atoms with Crippen molar-refractivity contribution in [3.63, 3.8) is 0 Å². The molecular weight excluding hydrogens is 180 g/mol. The first kappa shape index (κ1) is 7.73. The summed E-state index contributed by atoms with van der Waals surface area (Å²) in [5.74, 6) is -0.225. The molecule has 0 aromatic carbocycles. The van der Waals surface area contributed by atoms with Crippen LogP contribution in [0, 0.1) is 5.41 Å². The van der Waals surface area contributed by atoms with Crippen LogP contribution in [0.3, 0.4) is 0 Å². The predicted molar refractivity (Wildman–Crippen MR) is 43.0 cm³/mol. The van der Waals surface area contributed by atoms with Crippen LogP contribution in [0.25, 0.3) is 0 Å². The molecule has 0 unspecified atom stereocenters. The smallest absolute Gasteiger partial charge is 0.263 e. The van der Waals surface area contributed by atoms with Crippen LogP contribution in [0.4, 0.5) is 0 Å². The Morgan fingerprint density at radius 1 is 1.50 bits per heavy atom. The van der Waals surface area contributed by atoms with E-state index >= 15 is 0 Å². The molecule has 1 heterocycles. The second kappa shape index (κ2) is 2.29. The number of hydrogen-bond acceptors (Lipinski definition) is 2. The molecule has 12 heavy (non-hydrogen) atoms. The van der Waals surface area contributed by atoms with Gasteiger partial charge < -0.3 is 5.32 Å². The standard InChI is InChI=1S/C7H7ClN2O2/c8-3-4-9-5(11)7(1-2-7)6(12)10-4/h1-3H2,(H,9,10,11,12). The van der Waals surface area contributed by atoms with E-state index in [1.54, 1.807) is 0 Å². The molecule has 1 spiro atoms. The first-order chi connectivity index (χ1) is 5.69. The van der Waals surface area contributed by atoms with E-state index in [0.717, 1.165) is 0 Å². The molecule has 1 fully saturated rings.